The summed E-state index contributed by atoms with van der Waals surface area (Å²) in [6, 6.07) is 8.32. The van der Waals surface area contributed by atoms with Crippen molar-refractivity contribution in [2.45, 2.75) is 6.04 Å². The van der Waals surface area contributed by atoms with Crippen LogP contribution in [0.4, 0.5) is 0 Å². The summed E-state index contributed by atoms with van der Waals surface area (Å²) in [6.45, 7) is 1.37. The van der Waals surface area contributed by atoms with E-state index in [0.29, 0.717) is 19.7 Å². The lowest BCUT2D eigenvalue weighted by atomic mass is 10.2. The van der Waals surface area contributed by atoms with Crippen molar-refractivity contribution in [1.82, 2.24) is 10.6 Å². The quantitative estimate of drug-likeness (QED) is 0.735. The summed E-state index contributed by atoms with van der Waals surface area (Å²) in [5.74, 6) is -0.0137. The summed E-state index contributed by atoms with van der Waals surface area (Å²) in [5, 5.41) is 10.2. The SMILES string of the molecule is COCCNC(=O)CNC(c1cccs1)c1cccs1. The molecule has 2 N–H and O–H groups in total. The maximum atomic E-state index is 11.7. The van der Waals surface area contributed by atoms with E-state index >= 15 is 0 Å². The lowest BCUT2D eigenvalue weighted by molar-refractivity contribution is -0.120. The number of amides is 1. The summed E-state index contributed by atoms with van der Waals surface area (Å²) >= 11 is 3.39. The Bertz CT molecular complexity index is 463. The highest BCUT2D eigenvalue weighted by Gasteiger charge is 2.16. The van der Waals surface area contributed by atoms with Gasteiger partial charge in [-0.1, -0.05) is 12.1 Å². The van der Waals surface area contributed by atoms with Crippen molar-refractivity contribution in [2.75, 3.05) is 26.8 Å². The van der Waals surface area contributed by atoms with Crippen LogP contribution >= 0.6 is 22.7 Å². The first kappa shape index (κ1) is 15.2. The third kappa shape index (κ3) is 4.42. The van der Waals surface area contributed by atoms with Crippen molar-refractivity contribution in [3.8, 4) is 0 Å². The van der Waals surface area contributed by atoms with Crippen LogP contribution in [0, 0.1) is 0 Å². The molecule has 108 valence electrons. The molecule has 1 amide bonds. The molecular formula is C14H18N2O2S2. The number of carbonyl (C=O) groups is 1. The van der Waals surface area contributed by atoms with E-state index in [1.54, 1.807) is 29.8 Å². The van der Waals surface area contributed by atoms with E-state index in [4.69, 9.17) is 4.74 Å². The first-order valence-corrected chi connectivity index (χ1v) is 8.13. The topological polar surface area (TPSA) is 50.4 Å². The highest BCUT2D eigenvalue weighted by Crippen LogP contribution is 2.28. The summed E-state index contributed by atoms with van der Waals surface area (Å²) in [5.41, 5.74) is 0. The predicted octanol–water partition coefficient (Wildman–Crippen LogP) is 2.25. The van der Waals surface area contributed by atoms with Gasteiger partial charge in [0.2, 0.25) is 5.91 Å². The molecule has 0 unspecified atom stereocenters. The van der Waals surface area contributed by atoms with E-state index in [9.17, 15) is 4.79 Å². The molecule has 0 saturated heterocycles. The zero-order valence-corrected chi connectivity index (χ0v) is 12.9. The molecule has 0 aliphatic rings. The molecule has 0 saturated carbocycles. The Hall–Kier alpha value is -1.21. The number of hydrogen-bond donors (Lipinski definition) is 2. The van der Waals surface area contributed by atoms with Gasteiger partial charge in [0.05, 0.1) is 19.2 Å². The summed E-state index contributed by atoms with van der Waals surface area (Å²) in [6.07, 6.45) is 0. The van der Waals surface area contributed by atoms with Gasteiger partial charge in [-0.2, -0.15) is 0 Å². The van der Waals surface area contributed by atoms with E-state index in [1.807, 2.05) is 12.1 Å². The first-order chi connectivity index (χ1) is 9.81. The Morgan fingerprint density at radius 2 is 1.90 bits per heavy atom. The number of thiophene rings is 2. The van der Waals surface area contributed by atoms with Crippen molar-refractivity contribution in [3.63, 3.8) is 0 Å². The highest BCUT2D eigenvalue weighted by atomic mass is 32.1. The van der Waals surface area contributed by atoms with Gasteiger partial charge >= 0.3 is 0 Å². The molecule has 0 fully saturated rings. The van der Waals surface area contributed by atoms with Crippen molar-refractivity contribution in [1.29, 1.82) is 0 Å². The maximum Gasteiger partial charge on any atom is 0.234 e. The highest BCUT2D eigenvalue weighted by molar-refractivity contribution is 7.11. The fraction of sp³-hybridized carbons (Fsp3) is 0.357. The monoisotopic (exact) mass is 310 g/mol. The van der Waals surface area contributed by atoms with Crippen LogP contribution in [0.25, 0.3) is 0 Å². The average Bonchev–Trinajstić information content (AvgIpc) is 3.12. The minimum Gasteiger partial charge on any atom is -0.383 e. The van der Waals surface area contributed by atoms with Crippen LogP contribution in [0.5, 0.6) is 0 Å². The molecule has 2 aromatic heterocycles. The van der Waals surface area contributed by atoms with Gasteiger partial charge in [-0.3, -0.25) is 10.1 Å². The lowest BCUT2D eigenvalue weighted by Crippen LogP contribution is -2.37. The largest absolute Gasteiger partial charge is 0.383 e. The fourth-order valence-corrected chi connectivity index (χ4v) is 3.51. The molecule has 20 heavy (non-hydrogen) atoms. The van der Waals surface area contributed by atoms with Crippen LogP contribution in [-0.2, 0) is 9.53 Å². The average molecular weight is 310 g/mol. The van der Waals surface area contributed by atoms with Crippen molar-refractivity contribution < 1.29 is 9.53 Å². The molecule has 2 heterocycles. The van der Waals surface area contributed by atoms with Crippen LogP contribution in [0.2, 0.25) is 0 Å². The Morgan fingerprint density at radius 3 is 2.40 bits per heavy atom. The van der Waals surface area contributed by atoms with Crippen LogP contribution in [0.3, 0.4) is 0 Å². The molecule has 0 spiro atoms. The van der Waals surface area contributed by atoms with Gasteiger partial charge in [0.25, 0.3) is 0 Å². The summed E-state index contributed by atoms with van der Waals surface area (Å²) in [7, 11) is 1.62. The van der Waals surface area contributed by atoms with Crippen LogP contribution in [-0.4, -0.2) is 32.7 Å². The second-order valence-electron chi connectivity index (χ2n) is 4.19. The molecule has 0 atom stereocenters. The maximum absolute atomic E-state index is 11.7. The Labute approximate surface area is 126 Å². The molecule has 4 nitrogen and oxygen atoms in total. The Kier molecular flexibility index (Phi) is 6.20. The standard InChI is InChI=1S/C14H18N2O2S2/c1-18-7-6-15-13(17)10-16-14(11-4-2-8-19-11)12-5-3-9-20-12/h2-5,8-9,14,16H,6-7,10H2,1H3,(H,15,17). The molecule has 0 radical (unpaired) electrons. The second-order valence-corrected chi connectivity index (χ2v) is 6.15. The second kappa shape index (κ2) is 8.16. The van der Waals surface area contributed by atoms with E-state index in [0.717, 1.165) is 0 Å². The molecular weight excluding hydrogens is 292 g/mol. The van der Waals surface area contributed by atoms with Crippen LogP contribution in [0.15, 0.2) is 35.0 Å². The Morgan fingerprint density at radius 1 is 1.25 bits per heavy atom. The number of hydrogen-bond acceptors (Lipinski definition) is 5. The van der Waals surface area contributed by atoms with Gasteiger partial charge in [-0.15, -0.1) is 22.7 Å². The van der Waals surface area contributed by atoms with E-state index in [1.165, 1.54) is 9.75 Å². The van der Waals surface area contributed by atoms with Crippen LogP contribution < -0.4 is 10.6 Å². The molecule has 0 aromatic carbocycles. The summed E-state index contributed by atoms with van der Waals surface area (Å²) in [4.78, 5) is 14.2. The number of rotatable bonds is 8. The number of nitrogens with one attached hydrogen (secondary N) is 2. The zero-order chi connectivity index (χ0) is 14.2. The van der Waals surface area contributed by atoms with Gasteiger partial charge in [0.1, 0.15) is 0 Å². The smallest absolute Gasteiger partial charge is 0.234 e. The minimum absolute atomic E-state index is 0.0137. The van der Waals surface area contributed by atoms with E-state index < -0.39 is 0 Å². The van der Waals surface area contributed by atoms with Gasteiger partial charge in [-0.05, 0) is 22.9 Å². The zero-order valence-electron chi connectivity index (χ0n) is 11.3. The number of carbonyl (C=O) groups excluding carboxylic acids is 1. The molecule has 2 rings (SSSR count). The number of methoxy groups -OCH3 is 1. The normalized spacial score (nSPS) is 10.9. The number of ether oxygens (including phenoxy) is 1. The molecule has 0 aliphatic heterocycles. The van der Waals surface area contributed by atoms with Crippen molar-refractivity contribution in [3.05, 3.63) is 44.8 Å². The van der Waals surface area contributed by atoms with Gasteiger partial charge in [-0.25, -0.2) is 0 Å². The first-order valence-electron chi connectivity index (χ1n) is 6.37. The predicted molar refractivity (Wildman–Crippen MR) is 83.4 cm³/mol. The van der Waals surface area contributed by atoms with E-state index in [-0.39, 0.29) is 11.9 Å². The third-order valence-electron chi connectivity index (χ3n) is 2.75. The van der Waals surface area contributed by atoms with Gasteiger partial charge < -0.3 is 10.1 Å². The van der Waals surface area contributed by atoms with Crippen molar-refractivity contribution in [2.24, 2.45) is 0 Å². The van der Waals surface area contributed by atoms with Crippen molar-refractivity contribution >= 4 is 28.6 Å². The van der Waals surface area contributed by atoms with E-state index in [2.05, 4.69) is 33.5 Å². The summed E-state index contributed by atoms with van der Waals surface area (Å²) < 4.78 is 4.90. The third-order valence-corrected chi connectivity index (χ3v) is 4.62. The molecule has 2 aromatic rings. The van der Waals surface area contributed by atoms with Gasteiger partial charge in [0.15, 0.2) is 0 Å². The van der Waals surface area contributed by atoms with Crippen LogP contribution in [0.1, 0.15) is 15.8 Å². The molecule has 0 aliphatic carbocycles. The molecule has 6 heteroatoms. The minimum atomic E-state index is -0.0137. The Balaban J connectivity index is 1.91. The lowest BCUT2D eigenvalue weighted by Gasteiger charge is -2.16. The fourth-order valence-electron chi connectivity index (χ4n) is 1.80. The van der Waals surface area contributed by atoms with Gasteiger partial charge in [0, 0.05) is 23.4 Å². The molecule has 0 bridgehead atoms.